The summed E-state index contributed by atoms with van der Waals surface area (Å²) in [4.78, 5) is 16.9. The molecule has 1 aliphatic rings. The molecule has 1 aliphatic carbocycles. The Hall–Kier alpha value is -2.27. The summed E-state index contributed by atoms with van der Waals surface area (Å²) < 4.78 is 29.4. The molecule has 30 heavy (non-hydrogen) atoms. The molecule has 160 valence electrons. The van der Waals surface area contributed by atoms with E-state index in [9.17, 15) is 9.36 Å². The first kappa shape index (κ1) is 22.4. The fraction of sp³-hybridized carbons (Fsp3) is 0.391. The first-order valence-corrected chi connectivity index (χ1v) is 11.3. The lowest BCUT2D eigenvalue weighted by molar-refractivity contribution is -0.142. The van der Waals surface area contributed by atoms with Gasteiger partial charge in [0.25, 0.3) is 0 Å². The molecular formula is C23H28NO5P. The Balaban J connectivity index is 1.95. The van der Waals surface area contributed by atoms with Crippen LogP contribution in [0.2, 0.25) is 0 Å². The normalized spacial score (nSPS) is 24.5. The summed E-state index contributed by atoms with van der Waals surface area (Å²) in [6, 6.07) is 18.5. The van der Waals surface area contributed by atoms with Gasteiger partial charge < -0.3 is 13.8 Å². The van der Waals surface area contributed by atoms with E-state index in [1.807, 2.05) is 67.6 Å². The van der Waals surface area contributed by atoms with Crippen molar-refractivity contribution >= 4 is 19.8 Å². The minimum Gasteiger partial charge on any atom is -0.467 e. The predicted octanol–water partition coefficient (Wildman–Crippen LogP) is 4.63. The molecule has 0 radical (unpaired) electrons. The van der Waals surface area contributed by atoms with E-state index in [1.54, 1.807) is 6.21 Å². The standard InChI is InChI=1S/C23H28NO5P/c1-22(17-24-20(21(25)27-2)15-18-11-7-5-8-12-18)16-23(22,30(26,28-3)29-4)19-13-9-6-10-14-19/h5-14,17,20H,15-16H2,1-4H3/t20-,22?,23?/m0/s1. The van der Waals surface area contributed by atoms with Gasteiger partial charge in [0.2, 0.25) is 0 Å². The second-order valence-electron chi connectivity index (χ2n) is 7.69. The number of esters is 1. The van der Waals surface area contributed by atoms with E-state index in [0.29, 0.717) is 12.8 Å². The average molecular weight is 429 g/mol. The van der Waals surface area contributed by atoms with Gasteiger partial charge in [0.1, 0.15) is 5.16 Å². The molecule has 0 aromatic heterocycles. The number of nitrogens with zero attached hydrogens (tertiary/aromatic N) is 1. The summed E-state index contributed by atoms with van der Waals surface area (Å²) in [5.74, 6) is -0.411. The molecule has 2 aromatic carbocycles. The fourth-order valence-electron chi connectivity index (χ4n) is 4.16. The van der Waals surface area contributed by atoms with Crippen LogP contribution in [-0.4, -0.2) is 39.6 Å². The fourth-order valence-corrected chi connectivity index (χ4v) is 6.61. The molecule has 1 saturated carbocycles. The van der Waals surface area contributed by atoms with Crippen molar-refractivity contribution in [1.82, 2.24) is 0 Å². The lowest BCUT2D eigenvalue weighted by Crippen LogP contribution is -2.25. The van der Waals surface area contributed by atoms with Crippen molar-refractivity contribution < 1.29 is 23.1 Å². The van der Waals surface area contributed by atoms with Crippen molar-refractivity contribution in [3.05, 3.63) is 71.8 Å². The van der Waals surface area contributed by atoms with Crippen molar-refractivity contribution in [3.8, 4) is 0 Å². The smallest absolute Gasteiger partial charge is 0.341 e. The third-order valence-corrected chi connectivity index (χ3v) is 8.75. The Morgan fingerprint density at radius 2 is 1.63 bits per heavy atom. The molecule has 0 bridgehead atoms. The van der Waals surface area contributed by atoms with E-state index in [4.69, 9.17) is 13.8 Å². The number of hydrogen-bond acceptors (Lipinski definition) is 6. The van der Waals surface area contributed by atoms with Gasteiger partial charge >= 0.3 is 13.6 Å². The molecule has 0 spiro atoms. The molecule has 0 aliphatic heterocycles. The monoisotopic (exact) mass is 429 g/mol. The van der Waals surface area contributed by atoms with Crippen molar-refractivity contribution in [2.24, 2.45) is 10.4 Å². The highest BCUT2D eigenvalue weighted by Crippen LogP contribution is 2.83. The zero-order chi connectivity index (χ0) is 21.8. The van der Waals surface area contributed by atoms with Crippen LogP contribution in [0.25, 0.3) is 0 Å². The molecular weight excluding hydrogens is 401 g/mol. The van der Waals surface area contributed by atoms with E-state index in [1.165, 1.54) is 21.3 Å². The maximum atomic E-state index is 13.6. The summed E-state index contributed by atoms with van der Waals surface area (Å²) >= 11 is 0. The Morgan fingerprint density at radius 3 is 2.17 bits per heavy atom. The van der Waals surface area contributed by atoms with E-state index in [0.717, 1.165) is 11.1 Å². The highest BCUT2D eigenvalue weighted by molar-refractivity contribution is 7.55. The van der Waals surface area contributed by atoms with E-state index in [-0.39, 0.29) is 0 Å². The van der Waals surface area contributed by atoms with Gasteiger partial charge in [-0.2, -0.15) is 0 Å². The number of benzene rings is 2. The Bertz CT molecular complexity index is 941. The molecule has 0 saturated heterocycles. The van der Waals surface area contributed by atoms with E-state index < -0.39 is 30.2 Å². The summed E-state index contributed by atoms with van der Waals surface area (Å²) in [6.07, 6.45) is 2.69. The molecule has 1 fully saturated rings. The maximum Gasteiger partial charge on any atom is 0.341 e. The zero-order valence-corrected chi connectivity index (χ0v) is 18.7. The van der Waals surface area contributed by atoms with E-state index >= 15 is 0 Å². The largest absolute Gasteiger partial charge is 0.467 e. The van der Waals surface area contributed by atoms with Crippen molar-refractivity contribution in [3.63, 3.8) is 0 Å². The summed E-state index contributed by atoms with van der Waals surface area (Å²) in [5, 5.41) is -0.859. The lowest BCUT2D eigenvalue weighted by Gasteiger charge is -2.28. The third kappa shape index (κ3) is 3.87. The lowest BCUT2D eigenvalue weighted by atomic mass is 10.0. The van der Waals surface area contributed by atoms with Crippen LogP contribution in [0.5, 0.6) is 0 Å². The molecule has 3 rings (SSSR count). The van der Waals surface area contributed by atoms with Gasteiger partial charge in [-0.1, -0.05) is 67.6 Å². The van der Waals surface area contributed by atoms with Crippen molar-refractivity contribution in [2.45, 2.75) is 31.0 Å². The van der Waals surface area contributed by atoms with Crippen LogP contribution in [0.15, 0.2) is 65.7 Å². The molecule has 7 heteroatoms. The third-order valence-electron chi connectivity index (χ3n) is 5.93. The van der Waals surface area contributed by atoms with Crippen molar-refractivity contribution in [2.75, 3.05) is 21.3 Å². The second-order valence-corrected chi connectivity index (χ2v) is 10.2. The van der Waals surface area contributed by atoms with Gasteiger partial charge in [-0.25, -0.2) is 4.79 Å². The van der Waals surface area contributed by atoms with Crippen molar-refractivity contribution in [1.29, 1.82) is 0 Å². The number of rotatable bonds is 9. The summed E-state index contributed by atoms with van der Waals surface area (Å²) in [5.41, 5.74) is 1.25. The Labute approximate surface area is 177 Å². The first-order chi connectivity index (χ1) is 14.4. The van der Waals surface area contributed by atoms with Gasteiger partial charge in [0, 0.05) is 32.3 Å². The number of carbonyl (C=O) groups is 1. The van der Waals surface area contributed by atoms with Crippen LogP contribution in [0.4, 0.5) is 0 Å². The minimum atomic E-state index is -3.48. The van der Waals surface area contributed by atoms with Crippen LogP contribution in [0, 0.1) is 5.41 Å². The topological polar surface area (TPSA) is 74.2 Å². The number of carbonyl (C=O) groups excluding carboxylic acids is 1. The van der Waals surface area contributed by atoms with Gasteiger partial charge in [0.15, 0.2) is 6.04 Å². The first-order valence-electron chi connectivity index (χ1n) is 9.79. The number of ether oxygens (including phenoxy) is 1. The zero-order valence-electron chi connectivity index (χ0n) is 17.8. The van der Waals surface area contributed by atoms with Gasteiger partial charge in [0.05, 0.1) is 7.11 Å². The van der Waals surface area contributed by atoms with Crippen LogP contribution >= 0.6 is 7.60 Å². The van der Waals surface area contributed by atoms with Crippen LogP contribution in [-0.2, 0) is 34.7 Å². The predicted molar refractivity (Wildman–Crippen MR) is 117 cm³/mol. The molecule has 3 atom stereocenters. The second kappa shape index (κ2) is 8.84. The van der Waals surface area contributed by atoms with E-state index in [2.05, 4.69) is 4.99 Å². The van der Waals surface area contributed by atoms with Gasteiger partial charge in [-0.15, -0.1) is 0 Å². The number of methoxy groups -OCH3 is 1. The summed E-state index contributed by atoms with van der Waals surface area (Å²) in [7, 11) is 0.674. The Morgan fingerprint density at radius 1 is 1.07 bits per heavy atom. The molecule has 0 heterocycles. The average Bonchev–Trinajstić information content (AvgIpc) is 3.44. The van der Waals surface area contributed by atoms with Crippen LogP contribution < -0.4 is 0 Å². The van der Waals surface area contributed by atoms with Crippen LogP contribution in [0.3, 0.4) is 0 Å². The SMILES string of the molecule is COC(=O)[C@H](Cc1ccccc1)N=CC1(C)CC1(c1ccccc1)P(=O)(OC)OC. The number of hydrogen-bond donors (Lipinski definition) is 0. The highest BCUT2D eigenvalue weighted by atomic mass is 31.2. The van der Waals surface area contributed by atoms with Crippen LogP contribution in [0.1, 0.15) is 24.5 Å². The van der Waals surface area contributed by atoms with Gasteiger partial charge in [-0.05, 0) is 17.5 Å². The quantitative estimate of drug-likeness (QED) is 0.330. The molecule has 2 unspecified atom stereocenters. The molecule has 0 amide bonds. The number of aliphatic imine (C=N–C) groups is 1. The summed E-state index contributed by atoms with van der Waals surface area (Å²) in [6.45, 7) is 1.96. The highest BCUT2D eigenvalue weighted by Gasteiger charge is 2.75. The Kier molecular flexibility index (Phi) is 6.61. The van der Waals surface area contributed by atoms with Gasteiger partial charge in [-0.3, -0.25) is 9.56 Å². The molecule has 2 aromatic rings. The minimum absolute atomic E-state index is 0.411. The maximum absolute atomic E-state index is 13.6. The molecule has 0 N–H and O–H groups in total. The molecule has 6 nitrogen and oxygen atoms in total.